The monoisotopic (exact) mass is 123 g/mol. The van der Waals surface area contributed by atoms with E-state index in [0.717, 1.165) is 6.92 Å². The Kier molecular flexibility index (Phi) is 7.09. The molecule has 0 atom stereocenters. The van der Waals surface area contributed by atoms with Crippen molar-refractivity contribution in [1.29, 1.82) is 0 Å². The van der Waals surface area contributed by atoms with Gasteiger partial charge in [0.2, 0.25) is 0 Å². The first kappa shape index (κ1) is 8.89. The number of aliphatic carboxylic acids is 1. The number of rotatable bonds is 0. The fourth-order valence-electron chi connectivity index (χ4n) is 0. The summed E-state index contributed by atoms with van der Waals surface area (Å²) in [6.07, 6.45) is 0. The molecule has 0 saturated heterocycles. The standard InChI is InChI=1S/C2H4O2.Cu.H/c1-2(3)4;;/h1H3,(H,3,4);;/q;+2;-1/p-1. The summed E-state index contributed by atoms with van der Waals surface area (Å²) in [7, 11) is 0. The van der Waals surface area contributed by atoms with Crippen LogP contribution in [0, 0.1) is 0 Å². The van der Waals surface area contributed by atoms with Crippen molar-refractivity contribution in [2.24, 2.45) is 0 Å². The Morgan fingerprint density at radius 1 is 2.00 bits per heavy atom. The summed E-state index contributed by atoms with van der Waals surface area (Å²) in [6, 6.07) is 0. The Hall–Kier alpha value is -0.0105. The van der Waals surface area contributed by atoms with E-state index >= 15 is 0 Å². The molecule has 35 valence electrons. The number of carbonyl (C=O) groups excluding carboxylic acids is 1. The van der Waals surface area contributed by atoms with Crippen molar-refractivity contribution < 1.29 is 28.4 Å². The molecule has 0 aromatic carbocycles. The van der Waals surface area contributed by atoms with E-state index < -0.39 is 5.97 Å². The van der Waals surface area contributed by atoms with E-state index in [1.54, 1.807) is 0 Å². The SMILES string of the molecule is CC(=O)[O-].[Cu+2].[H-]. The fraction of sp³-hybridized carbons (Fsp3) is 0.500. The number of carboxylic acids is 1. The van der Waals surface area contributed by atoms with E-state index in [1.165, 1.54) is 0 Å². The second kappa shape index (κ2) is 3.99. The summed E-state index contributed by atoms with van der Waals surface area (Å²) < 4.78 is 0. The Morgan fingerprint density at radius 2 is 2.00 bits per heavy atom. The van der Waals surface area contributed by atoms with Gasteiger partial charge in [0.15, 0.2) is 0 Å². The van der Waals surface area contributed by atoms with E-state index in [1.807, 2.05) is 0 Å². The van der Waals surface area contributed by atoms with Crippen LogP contribution in [0.5, 0.6) is 0 Å². The molecule has 0 saturated carbocycles. The van der Waals surface area contributed by atoms with Gasteiger partial charge in [0.25, 0.3) is 0 Å². The Bertz CT molecular complexity index is 34.5. The zero-order valence-electron chi connectivity index (χ0n) is 3.62. The van der Waals surface area contributed by atoms with Crippen LogP contribution < -0.4 is 5.11 Å². The molecule has 0 spiro atoms. The number of hydrogen-bond acceptors (Lipinski definition) is 2. The third-order valence-electron chi connectivity index (χ3n) is 0. The molecule has 0 heterocycles. The van der Waals surface area contributed by atoms with Crippen molar-refractivity contribution in [2.75, 3.05) is 0 Å². The van der Waals surface area contributed by atoms with Crippen LogP contribution in [0.3, 0.4) is 0 Å². The minimum atomic E-state index is -1.08. The third-order valence-corrected chi connectivity index (χ3v) is 0. The average Bonchev–Trinajstić information content (AvgIpc) is 0.811. The van der Waals surface area contributed by atoms with Crippen molar-refractivity contribution in [3.63, 3.8) is 0 Å². The summed E-state index contributed by atoms with van der Waals surface area (Å²) in [5, 5.41) is 8.89. The maximum absolute atomic E-state index is 8.89. The Morgan fingerprint density at radius 3 is 2.00 bits per heavy atom. The van der Waals surface area contributed by atoms with Gasteiger partial charge < -0.3 is 11.3 Å². The summed E-state index contributed by atoms with van der Waals surface area (Å²) in [6.45, 7) is 0.972. The minimum absolute atomic E-state index is 0. The van der Waals surface area contributed by atoms with Gasteiger partial charge in [-0.2, -0.15) is 0 Å². The smallest absolute Gasteiger partial charge is 1.00 e. The van der Waals surface area contributed by atoms with Gasteiger partial charge in [-0.3, -0.25) is 0 Å². The topological polar surface area (TPSA) is 40.1 Å². The first-order chi connectivity index (χ1) is 1.73. The quantitative estimate of drug-likeness (QED) is 0.383. The summed E-state index contributed by atoms with van der Waals surface area (Å²) in [5.74, 6) is -1.08. The first-order valence-electron chi connectivity index (χ1n) is 0.908. The van der Waals surface area contributed by atoms with Crippen LogP contribution in [0.15, 0.2) is 0 Å². The van der Waals surface area contributed by atoms with Crippen molar-refractivity contribution in [3.05, 3.63) is 0 Å². The molecule has 0 aromatic rings. The van der Waals surface area contributed by atoms with Gasteiger partial charge in [-0.25, -0.2) is 0 Å². The van der Waals surface area contributed by atoms with Gasteiger partial charge in [-0.05, 0) is 6.92 Å². The largest absolute Gasteiger partial charge is 2.00 e. The zero-order chi connectivity index (χ0) is 3.58. The number of carboxylic acid groups (broad SMARTS) is 1. The summed E-state index contributed by atoms with van der Waals surface area (Å²) in [4.78, 5) is 8.89. The van der Waals surface area contributed by atoms with Gasteiger partial charge in [0.05, 0.1) is 0 Å². The molecular weight excluding hydrogens is 120 g/mol. The van der Waals surface area contributed by atoms with Gasteiger partial charge >= 0.3 is 17.1 Å². The molecule has 0 aliphatic rings. The zero-order valence-corrected chi connectivity index (χ0v) is 3.56. The molecule has 3 heteroatoms. The first-order valence-corrected chi connectivity index (χ1v) is 0.908. The van der Waals surface area contributed by atoms with Crippen LogP contribution >= 0.6 is 0 Å². The molecule has 5 heavy (non-hydrogen) atoms. The Balaban J connectivity index is -0.0000000450. The molecule has 2 nitrogen and oxygen atoms in total. The van der Waals surface area contributed by atoms with Gasteiger partial charge in [0.1, 0.15) is 0 Å². The predicted octanol–water partition coefficient (Wildman–Crippen LogP) is -1.13. The van der Waals surface area contributed by atoms with Crippen LogP contribution in [0.2, 0.25) is 0 Å². The molecule has 0 rings (SSSR count). The molecule has 0 bridgehead atoms. The van der Waals surface area contributed by atoms with Crippen molar-refractivity contribution in [3.8, 4) is 0 Å². The van der Waals surface area contributed by atoms with Crippen LogP contribution in [0.4, 0.5) is 0 Å². The number of carbonyl (C=O) groups is 1. The van der Waals surface area contributed by atoms with Crippen molar-refractivity contribution in [1.82, 2.24) is 0 Å². The van der Waals surface area contributed by atoms with E-state index in [0.29, 0.717) is 0 Å². The molecule has 0 fully saturated rings. The van der Waals surface area contributed by atoms with Crippen molar-refractivity contribution in [2.45, 2.75) is 6.92 Å². The minimum Gasteiger partial charge on any atom is -1.00 e. The molecule has 0 N–H and O–H groups in total. The Labute approximate surface area is 42.1 Å². The number of hydrogen-bond donors (Lipinski definition) is 0. The summed E-state index contributed by atoms with van der Waals surface area (Å²) >= 11 is 0. The van der Waals surface area contributed by atoms with E-state index in [4.69, 9.17) is 9.90 Å². The normalized spacial score (nSPS) is 5.00. The van der Waals surface area contributed by atoms with E-state index in [2.05, 4.69) is 0 Å². The molecule has 0 aliphatic heterocycles. The molecule has 0 aliphatic carbocycles. The van der Waals surface area contributed by atoms with Crippen molar-refractivity contribution >= 4 is 5.97 Å². The second-order valence-electron chi connectivity index (χ2n) is 0.492. The molecule has 0 aromatic heterocycles. The van der Waals surface area contributed by atoms with E-state index in [9.17, 15) is 0 Å². The van der Waals surface area contributed by atoms with E-state index in [-0.39, 0.29) is 18.5 Å². The van der Waals surface area contributed by atoms with Crippen LogP contribution in [0.1, 0.15) is 8.35 Å². The fourth-order valence-corrected chi connectivity index (χ4v) is 0. The maximum Gasteiger partial charge on any atom is 2.00 e. The average molecular weight is 124 g/mol. The summed E-state index contributed by atoms with van der Waals surface area (Å²) in [5.41, 5.74) is 0. The molecule has 0 amide bonds. The third kappa shape index (κ3) is 143000. The predicted molar refractivity (Wildman–Crippen MR) is 11.8 cm³/mol. The van der Waals surface area contributed by atoms with Gasteiger partial charge in [-0.15, -0.1) is 0 Å². The molecule has 1 radical (unpaired) electrons. The second-order valence-corrected chi connectivity index (χ2v) is 0.492. The van der Waals surface area contributed by atoms with Gasteiger partial charge in [-0.1, -0.05) is 0 Å². The van der Waals surface area contributed by atoms with Gasteiger partial charge in [0, 0.05) is 5.97 Å². The van der Waals surface area contributed by atoms with Crippen LogP contribution in [0.25, 0.3) is 0 Å². The molecule has 0 unspecified atom stereocenters. The van der Waals surface area contributed by atoms with Crippen LogP contribution in [-0.4, -0.2) is 5.97 Å². The maximum atomic E-state index is 8.89. The molecular formula is C2H4CuO2. The van der Waals surface area contributed by atoms with Crippen LogP contribution in [-0.2, 0) is 21.9 Å².